The van der Waals surface area contributed by atoms with E-state index in [9.17, 15) is 8.42 Å². The van der Waals surface area contributed by atoms with E-state index in [1.165, 1.54) is 24.4 Å². The molecule has 1 aliphatic rings. The number of para-hydroxylation sites is 4. The van der Waals surface area contributed by atoms with Crippen LogP contribution in [0, 0.1) is 0 Å². The quantitative estimate of drug-likeness (QED) is 0.411. The molecule has 5 aromatic rings. The van der Waals surface area contributed by atoms with Crippen LogP contribution in [0.3, 0.4) is 0 Å². The number of benzene rings is 2. The van der Waals surface area contributed by atoms with Gasteiger partial charge in [0.05, 0.1) is 17.9 Å². The van der Waals surface area contributed by atoms with Gasteiger partial charge in [0.2, 0.25) is 5.89 Å². The van der Waals surface area contributed by atoms with Gasteiger partial charge in [-0.1, -0.05) is 24.3 Å². The van der Waals surface area contributed by atoms with Crippen LogP contribution in [-0.4, -0.2) is 45.7 Å². The van der Waals surface area contributed by atoms with Crippen molar-refractivity contribution < 1.29 is 17.3 Å². The normalized spacial score (nSPS) is 16.5. The second-order valence-corrected chi connectivity index (χ2v) is 9.70. The summed E-state index contributed by atoms with van der Waals surface area (Å²) in [4.78, 5) is 15.5. The molecule has 3 aromatic heterocycles. The number of imidazole rings is 1. The fourth-order valence-electron chi connectivity index (χ4n) is 3.94. The Labute approximate surface area is 182 Å². The molecular formula is C21H18N6O4S. The third-order valence-electron chi connectivity index (χ3n) is 5.54. The van der Waals surface area contributed by atoms with E-state index >= 15 is 0 Å². The summed E-state index contributed by atoms with van der Waals surface area (Å²) in [5.41, 5.74) is 3.71. The van der Waals surface area contributed by atoms with E-state index in [2.05, 4.69) is 15.0 Å². The Morgan fingerprint density at radius 3 is 2.28 bits per heavy atom. The maximum absolute atomic E-state index is 12.9. The lowest BCUT2D eigenvalue weighted by Crippen LogP contribution is -2.30. The predicted molar refractivity (Wildman–Crippen MR) is 116 cm³/mol. The van der Waals surface area contributed by atoms with Crippen molar-refractivity contribution in [3.8, 4) is 0 Å². The molecule has 0 N–H and O–H groups in total. The van der Waals surface area contributed by atoms with E-state index in [1.807, 2.05) is 53.4 Å². The highest BCUT2D eigenvalue weighted by atomic mass is 32.2. The smallest absolute Gasteiger partial charge is 0.308 e. The lowest BCUT2D eigenvalue weighted by Gasteiger charge is -2.20. The van der Waals surface area contributed by atoms with Crippen LogP contribution >= 0.6 is 0 Å². The van der Waals surface area contributed by atoms with Crippen LogP contribution in [0.1, 0.15) is 23.3 Å². The Bertz CT molecular complexity index is 1520. The van der Waals surface area contributed by atoms with Crippen LogP contribution < -0.4 is 4.90 Å². The minimum Gasteiger partial charge on any atom is -0.438 e. The summed E-state index contributed by atoms with van der Waals surface area (Å²) in [7, 11) is -0.801. The number of aromatic nitrogens is 4. The lowest BCUT2D eigenvalue weighted by atomic mass is 10.2. The maximum atomic E-state index is 12.9. The molecule has 162 valence electrons. The average Bonchev–Trinajstić information content (AvgIpc) is 3.52. The molecule has 6 rings (SSSR count). The Morgan fingerprint density at radius 2 is 1.62 bits per heavy atom. The van der Waals surface area contributed by atoms with Gasteiger partial charge in [-0.3, -0.25) is 0 Å². The average molecular weight is 450 g/mol. The van der Waals surface area contributed by atoms with Gasteiger partial charge < -0.3 is 13.7 Å². The van der Waals surface area contributed by atoms with Gasteiger partial charge in [-0.05, 0) is 24.3 Å². The summed E-state index contributed by atoms with van der Waals surface area (Å²) >= 11 is 0. The Kier molecular flexibility index (Phi) is 3.95. The van der Waals surface area contributed by atoms with Gasteiger partial charge in [-0.25, -0.2) is 13.9 Å². The van der Waals surface area contributed by atoms with Crippen LogP contribution in [0.5, 0.6) is 0 Å². The van der Waals surface area contributed by atoms with E-state index in [4.69, 9.17) is 8.83 Å². The molecule has 4 heterocycles. The highest BCUT2D eigenvalue weighted by molar-refractivity contribution is 7.87. The van der Waals surface area contributed by atoms with Crippen LogP contribution in [0.2, 0.25) is 0 Å². The number of anilines is 1. The number of rotatable bonds is 4. The topological polar surface area (TPSA) is 111 Å². The van der Waals surface area contributed by atoms with E-state index in [1.54, 1.807) is 0 Å². The van der Waals surface area contributed by atoms with E-state index in [-0.39, 0.29) is 6.54 Å². The van der Waals surface area contributed by atoms with Crippen molar-refractivity contribution in [2.24, 2.45) is 0 Å². The molecular weight excluding hydrogens is 432 g/mol. The van der Waals surface area contributed by atoms with Gasteiger partial charge in [0, 0.05) is 14.1 Å². The van der Waals surface area contributed by atoms with Crippen LogP contribution in [0.25, 0.3) is 22.2 Å². The number of hydrogen-bond acceptors (Lipinski definition) is 8. The van der Waals surface area contributed by atoms with Gasteiger partial charge in [0.1, 0.15) is 17.4 Å². The van der Waals surface area contributed by atoms with Crippen molar-refractivity contribution in [3.05, 3.63) is 72.1 Å². The number of nitrogens with zero attached hydrogens (tertiary/aromatic N) is 6. The first-order valence-corrected chi connectivity index (χ1v) is 11.3. The minimum atomic E-state index is -3.76. The highest BCUT2D eigenvalue weighted by Crippen LogP contribution is 2.42. The lowest BCUT2D eigenvalue weighted by molar-refractivity contribution is 0.470. The first-order valence-electron chi connectivity index (χ1n) is 9.90. The molecule has 11 heteroatoms. The fourth-order valence-corrected chi connectivity index (χ4v) is 4.89. The molecule has 0 saturated carbocycles. The fraction of sp³-hybridized carbons (Fsp3) is 0.190. The summed E-state index contributed by atoms with van der Waals surface area (Å²) in [6.45, 7) is 0.207. The zero-order valence-electron chi connectivity index (χ0n) is 17.2. The van der Waals surface area contributed by atoms with Gasteiger partial charge in [0.15, 0.2) is 17.2 Å². The molecule has 32 heavy (non-hydrogen) atoms. The van der Waals surface area contributed by atoms with E-state index in [0.717, 1.165) is 4.31 Å². The molecule has 0 spiro atoms. The van der Waals surface area contributed by atoms with Crippen LogP contribution in [0.15, 0.2) is 63.7 Å². The summed E-state index contributed by atoms with van der Waals surface area (Å²) in [6.07, 6.45) is 1.32. The third kappa shape index (κ3) is 2.68. The molecule has 10 nitrogen and oxygen atoms in total. The van der Waals surface area contributed by atoms with Crippen molar-refractivity contribution in [2.45, 2.75) is 12.6 Å². The van der Waals surface area contributed by atoms with E-state index in [0.29, 0.717) is 45.5 Å². The monoisotopic (exact) mass is 450 g/mol. The van der Waals surface area contributed by atoms with Crippen molar-refractivity contribution >= 4 is 38.4 Å². The van der Waals surface area contributed by atoms with Crippen molar-refractivity contribution in [1.29, 1.82) is 0 Å². The molecule has 0 bridgehead atoms. The Hall–Kier alpha value is -3.70. The minimum absolute atomic E-state index is 0.207. The van der Waals surface area contributed by atoms with Crippen molar-refractivity contribution in [3.63, 3.8) is 0 Å². The van der Waals surface area contributed by atoms with Gasteiger partial charge >= 0.3 is 10.2 Å². The first-order chi connectivity index (χ1) is 15.4. The highest BCUT2D eigenvalue weighted by Gasteiger charge is 2.43. The molecule has 0 saturated heterocycles. The van der Waals surface area contributed by atoms with Crippen LogP contribution in [-0.2, 0) is 16.8 Å². The molecule has 1 aliphatic heterocycles. The van der Waals surface area contributed by atoms with Gasteiger partial charge in [-0.2, -0.15) is 17.7 Å². The van der Waals surface area contributed by atoms with Crippen molar-refractivity contribution in [1.82, 2.24) is 23.2 Å². The van der Waals surface area contributed by atoms with Gasteiger partial charge in [-0.15, -0.1) is 0 Å². The zero-order chi connectivity index (χ0) is 22.0. The largest absolute Gasteiger partial charge is 0.438 e. The SMILES string of the molecule is CN(C)S(=O)(=O)n1cnc2c1CN(c1nc3ccccc3o1)C2c1nc2ccccc2o1. The summed E-state index contributed by atoms with van der Waals surface area (Å²) < 4.78 is 40.1. The molecule has 1 atom stereocenters. The molecule has 0 aliphatic carbocycles. The third-order valence-corrected chi connectivity index (χ3v) is 7.27. The van der Waals surface area contributed by atoms with Crippen LogP contribution in [0.4, 0.5) is 6.01 Å². The zero-order valence-corrected chi connectivity index (χ0v) is 18.0. The Morgan fingerprint density at radius 1 is 0.969 bits per heavy atom. The molecule has 2 aromatic carbocycles. The van der Waals surface area contributed by atoms with Gasteiger partial charge in [0.25, 0.3) is 6.01 Å². The maximum Gasteiger partial charge on any atom is 0.308 e. The Balaban J connectivity index is 1.55. The van der Waals surface area contributed by atoms with E-state index < -0.39 is 16.3 Å². The second kappa shape index (κ2) is 6.65. The standard InChI is InChI=1S/C21H18N6O4S/c1-25(2)32(28,29)27-12-22-18-15(27)11-26(21-24-14-8-4-6-10-17(14)31-21)19(18)20-23-13-7-3-5-9-16(13)30-20/h3-10,12,19H,11H2,1-2H3. The summed E-state index contributed by atoms with van der Waals surface area (Å²) in [6, 6.07) is 14.6. The molecule has 0 radical (unpaired) electrons. The molecule has 0 fully saturated rings. The first kappa shape index (κ1) is 19.0. The number of hydrogen-bond donors (Lipinski definition) is 0. The number of fused-ring (bicyclic) bond motifs is 3. The number of oxazole rings is 2. The predicted octanol–water partition coefficient (Wildman–Crippen LogP) is 2.93. The summed E-state index contributed by atoms with van der Waals surface area (Å²) in [5, 5.41) is 0. The second-order valence-electron chi connectivity index (χ2n) is 7.68. The van der Waals surface area contributed by atoms with Crippen molar-refractivity contribution in [2.75, 3.05) is 19.0 Å². The molecule has 1 unspecified atom stereocenters. The summed E-state index contributed by atoms with van der Waals surface area (Å²) in [5.74, 6) is 0.389. The molecule has 0 amide bonds.